The second-order valence-corrected chi connectivity index (χ2v) is 5.44. The zero-order valence-corrected chi connectivity index (χ0v) is 10.1. The van der Waals surface area contributed by atoms with Crippen LogP contribution >= 0.6 is 0 Å². The van der Waals surface area contributed by atoms with Crippen molar-refractivity contribution < 1.29 is 4.79 Å². The summed E-state index contributed by atoms with van der Waals surface area (Å²) in [7, 11) is 0. The Labute approximate surface area is 102 Å². The van der Waals surface area contributed by atoms with E-state index in [1.54, 1.807) is 6.20 Å². The van der Waals surface area contributed by atoms with Gasteiger partial charge in [-0.25, -0.2) is 0 Å². The van der Waals surface area contributed by atoms with E-state index >= 15 is 0 Å². The molecule has 2 saturated carbocycles. The fraction of sp³-hybridized carbons (Fsp3) is 0.571. The Bertz CT molecular complexity index is 407. The van der Waals surface area contributed by atoms with Crippen LogP contribution in [0.25, 0.3) is 0 Å². The highest BCUT2D eigenvalue weighted by Gasteiger charge is 2.48. The van der Waals surface area contributed by atoms with Gasteiger partial charge >= 0.3 is 0 Å². The summed E-state index contributed by atoms with van der Waals surface area (Å²) < 4.78 is 0. The number of rotatable bonds is 3. The zero-order valence-electron chi connectivity index (χ0n) is 10.1. The molecule has 1 aromatic rings. The fourth-order valence-electron chi connectivity index (χ4n) is 2.98. The smallest absolute Gasteiger partial charge is 0.223 e. The number of carbonyl (C=O) groups excluding carboxylic acids is 1. The molecule has 0 bridgehead atoms. The second kappa shape index (κ2) is 4.13. The summed E-state index contributed by atoms with van der Waals surface area (Å²) in [4.78, 5) is 16.1. The molecule has 1 aromatic heterocycles. The lowest BCUT2D eigenvalue weighted by Gasteiger charge is -2.17. The van der Waals surface area contributed by atoms with E-state index in [1.807, 2.05) is 25.3 Å². The van der Waals surface area contributed by atoms with Gasteiger partial charge in [0.1, 0.15) is 0 Å². The number of aromatic nitrogens is 1. The molecule has 3 nitrogen and oxygen atoms in total. The van der Waals surface area contributed by atoms with Crippen molar-refractivity contribution in [2.24, 2.45) is 17.8 Å². The summed E-state index contributed by atoms with van der Waals surface area (Å²) in [5, 5.41) is 3.10. The van der Waals surface area contributed by atoms with Crippen molar-refractivity contribution >= 4 is 5.91 Å². The first kappa shape index (κ1) is 10.8. The van der Waals surface area contributed by atoms with Gasteiger partial charge in [-0.05, 0) is 49.7 Å². The molecule has 0 saturated heterocycles. The number of carbonyl (C=O) groups is 1. The first-order valence-corrected chi connectivity index (χ1v) is 6.44. The van der Waals surface area contributed by atoms with Crippen LogP contribution in [0, 0.1) is 17.8 Å². The molecule has 0 radical (unpaired) electrons. The minimum atomic E-state index is 0.0631. The van der Waals surface area contributed by atoms with Crippen molar-refractivity contribution in [3.05, 3.63) is 30.1 Å². The van der Waals surface area contributed by atoms with E-state index in [2.05, 4.69) is 10.3 Å². The van der Waals surface area contributed by atoms with Crippen molar-refractivity contribution in [3.63, 3.8) is 0 Å². The SMILES string of the molecule is C[C@@H](NC(=O)C1CC2CC2C1)c1cccnc1. The van der Waals surface area contributed by atoms with Gasteiger partial charge < -0.3 is 5.32 Å². The van der Waals surface area contributed by atoms with Crippen LogP contribution in [-0.4, -0.2) is 10.9 Å². The van der Waals surface area contributed by atoms with Gasteiger partial charge in [0, 0.05) is 18.3 Å². The minimum Gasteiger partial charge on any atom is -0.349 e. The molecule has 2 fully saturated rings. The average molecular weight is 230 g/mol. The minimum absolute atomic E-state index is 0.0631. The molecule has 90 valence electrons. The molecule has 1 heterocycles. The normalized spacial score (nSPS) is 31.7. The van der Waals surface area contributed by atoms with Gasteiger partial charge in [0.05, 0.1) is 6.04 Å². The molecule has 2 aliphatic rings. The molecule has 3 atom stereocenters. The predicted octanol–water partition coefficient (Wildman–Crippen LogP) is 2.30. The third-order valence-electron chi connectivity index (χ3n) is 4.16. The Kier molecular flexibility index (Phi) is 2.61. The highest BCUT2D eigenvalue weighted by atomic mass is 16.1. The van der Waals surface area contributed by atoms with Crippen LogP contribution in [0.3, 0.4) is 0 Å². The maximum Gasteiger partial charge on any atom is 0.223 e. The number of hydrogen-bond donors (Lipinski definition) is 1. The Morgan fingerprint density at radius 2 is 2.18 bits per heavy atom. The molecule has 2 unspecified atom stereocenters. The maximum atomic E-state index is 12.1. The number of fused-ring (bicyclic) bond motifs is 1. The van der Waals surface area contributed by atoms with E-state index in [-0.39, 0.29) is 17.9 Å². The lowest BCUT2D eigenvalue weighted by Crippen LogP contribution is -2.32. The molecule has 0 spiro atoms. The van der Waals surface area contributed by atoms with Gasteiger partial charge in [0.25, 0.3) is 0 Å². The highest BCUT2D eigenvalue weighted by Crippen LogP contribution is 2.54. The van der Waals surface area contributed by atoms with Crippen LogP contribution in [0.5, 0.6) is 0 Å². The van der Waals surface area contributed by atoms with Crippen molar-refractivity contribution in [2.75, 3.05) is 0 Å². The summed E-state index contributed by atoms with van der Waals surface area (Å²) in [5.41, 5.74) is 1.07. The summed E-state index contributed by atoms with van der Waals surface area (Å²) in [5.74, 6) is 2.21. The van der Waals surface area contributed by atoms with Crippen LogP contribution in [0.2, 0.25) is 0 Å². The van der Waals surface area contributed by atoms with Gasteiger partial charge in [-0.15, -0.1) is 0 Å². The van der Waals surface area contributed by atoms with Crippen LogP contribution < -0.4 is 5.32 Å². The van der Waals surface area contributed by atoms with E-state index < -0.39 is 0 Å². The van der Waals surface area contributed by atoms with Crippen molar-refractivity contribution in [2.45, 2.75) is 32.2 Å². The number of amides is 1. The standard InChI is InChI=1S/C14H18N2O/c1-9(10-3-2-4-15-8-10)16-14(17)13-6-11-5-12(11)7-13/h2-4,8-9,11-13H,5-7H2,1H3,(H,16,17)/t9-,11?,12?,13?/m1/s1. The molecule has 3 heteroatoms. The number of hydrogen-bond acceptors (Lipinski definition) is 2. The van der Waals surface area contributed by atoms with E-state index in [1.165, 1.54) is 6.42 Å². The lowest BCUT2D eigenvalue weighted by atomic mass is 10.0. The van der Waals surface area contributed by atoms with Gasteiger partial charge in [-0.3, -0.25) is 9.78 Å². The maximum absolute atomic E-state index is 12.1. The topological polar surface area (TPSA) is 42.0 Å². The Balaban J connectivity index is 1.57. The van der Waals surface area contributed by atoms with Crippen LogP contribution in [-0.2, 0) is 4.79 Å². The van der Waals surface area contributed by atoms with E-state index in [0.717, 1.165) is 30.2 Å². The summed E-state index contributed by atoms with van der Waals surface area (Å²) in [6.45, 7) is 2.02. The molecular weight excluding hydrogens is 212 g/mol. The number of nitrogens with zero attached hydrogens (tertiary/aromatic N) is 1. The van der Waals surface area contributed by atoms with Crippen molar-refractivity contribution in [1.82, 2.24) is 10.3 Å². The van der Waals surface area contributed by atoms with Crippen LogP contribution in [0.1, 0.15) is 37.8 Å². The first-order chi connectivity index (χ1) is 8.24. The van der Waals surface area contributed by atoms with Gasteiger partial charge in [-0.2, -0.15) is 0 Å². The van der Waals surface area contributed by atoms with Gasteiger partial charge in [-0.1, -0.05) is 6.07 Å². The molecule has 3 rings (SSSR count). The van der Waals surface area contributed by atoms with E-state index in [0.29, 0.717) is 0 Å². The molecule has 1 amide bonds. The molecule has 0 aromatic carbocycles. The fourth-order valence-corrected chi connectivity index (χ4v) is 2.98. The van der Waals surface area contributed by atoms with Gasteiger partial charge in [0.2, 0.25) is 5.91 Å². The molecule has 1 N–H and O–H groups in total. The number of pyridine rings is 1. The average Bonchev–Trinajstić information content (AvgIpc) is 2.97. The third kappa shape index (κ3) is 2.19. The molecular formula is C14H18N2O. The second-order valence-electron chi connectivity index (χ2n) is 5.44. The Hall–Kier alpha value is -1.38. The van der Waals surface area contributed by atoms with Gasteiger partial charge in [0.15, 0.2) is 0 Å². The van der Waals surface area contributed by atoms with Crippen molar-refractivity contribution in [3.8, 4) is 0 Å². The Morgan fingerprint density at radius 1 is 1.41 bits per heavy atom. The lowest BCUT2D eigenvalue weighted by molar-refractivity contribution is -0.125. The highest BCUT2D eigenvalue weighted by molar-refractivity contribution is 5.79. The molecule has 17 heavy (non-hydrogen) atoms. The Morgan fingerprint density at radius 3 is 2.82 bits per heavy atom. The zero-order chi connectivity index (χ0) is 11.8. The number of nitrogens with one attached hydrogen (secondary N) is 1. The summed E-state index contributed by atoms with van der Waals surface area (Å²) in [6, 6.07) is 3.97. The van der Waals surface area contributed by atoms with Crippen LogP contribution in [0.15, 0.2) is 24.5 Å². The third-order valence-corrected chi connectivity index (χ3v) is 4.16. The van der Waals surface area contributed by atoms with E-state index in [4.69, 9.17) is 0 Å². The van der Waals surface area contributed by atoms with Crippen molar-refractivity contribution in [1.29, 1.82) is 0 Å². The van der Waals surface area contributed by atoms with E-state index in [9.17, 15) is 4.79 Å². The largest absolute Gasteiger partial charge is 0.349 e. The first-order valence-electron chi connectivity index (χ1n) is 6.44. The monoisotopic (exact) mass is 230 g/mol. The molecule has 2 aliphatic carbocycles. The van der Waals surface area contributed by atoms with Crippen LogP contribution in [0.4, 0.5) is 0 Å². The summed E-state index contributed by atoms with van der Waals surface area (Å²) >= 11 is 0. The predicted molar refractivity (Wildman–Crippen MR) is 65.1 cm³/mol. The molecule has 0 aliphatic heterocycles. The summed E-state index contributed by atoms with van der Waals surface area (Å²) in [6.07, 6.45) is 7.15. The quantitative estimate of drug-likeness (QED) is 0.865.